The van der Waals surface area contributed by atoms with Crippen molar-refractivity contribution in [2.75, 3.05) is 12.8 Å². The Hall–Kier alpha value is -1.88. The molecule has 0 fully saturated rings. The summed E-state index contributed by atoms with van der Waals surface area (Å²) in [5, 5.41) is 0.586. The van der Waals surface area contributed by atoms with Crippen LogP contribution in [0.5, 0.6) is 5.75 Å². The topological polar surface area (TPSA) is 73.9 Å². The van der Waals surface area contributed by atoms with Crippen molar-refractivity contribution >= 4 is 17.5 Å². The summed E-state index contributed by atoms with van der Waals surface area (Å²) in [6.45, 7) is 0. The van der Waals surface area contributed by atoms with Crippen LogP contribution in [0.4, 0.5) is 5.95 Å². The van der Waals surface area contributed by atoms with E-state index in [0.29, 0.717) is 16.6 Å². The number of aromatic nitrogens is 3. The minimum Gasteiger partial charge on any atom is -0.496 e. The van der Waals surface area contributed by atoms with Crippen molar-refractivity contribution in [2.45, 2.75) is 0 Å². The van der Waals surface area contributed by atoms with E-state index in [-0.39, 0.29) is 5.95 Å². The zero-order chi connectivity index (χ0) is 11.5. The van der Waals surface area contributed by atoms with E-state index < -0.39 is 0 Å². The maximum atomic E-state index is 5.86. The Morgan fingerprint density at radius 2 is 2.12 bits per heavy atom. The molecule has 0 bridgehead atoms. The minimum absolute atomic E-state index is 0.169. The van der Waals surface area contributed by atoms with Gasteiger partial charge >= 0.3 is 0 Å². The fourth-order valence-corrected chi connectivity index (χ4v) is 1.45. The highest BCUT2D eigenvalue weighted by Gasteiger charge is 2.09. The van der Waals surface area contributed by atoms with Gasteiger partial charge in [0.25, 0.3) is 0 Å². The molecule has 0 aliphatic heterocycles. The summed E-state index contributed by atoms with van der Waals surface area (Å²) in [6, 6.07) is 5.20. The Morgan fingerprint density at radius 3 is 2.81 bits per heavy atom. The third-order valence-corrected chi connectivity index (χ3v) is 2.23. The Morgan fingerprint density at radius 1 is 1.31 bits per heavy atom. The molecule has 0 saturated heterocycles. The standard InChI is InChI=1S/C10H9ClN4O/c1-16-8-4-6(11)2-3-7(8)9-13-5-14-10(12)15-9/h2-5H,1H3,(H2,12,13,14,15). The largest absolute Gasteiger partial charge is 0.496 e. The number of hydrogen-bond donors (Lipinski definition) is 1. The lowest BCUT2D eigenvalue weighted by molar-refractivity contribution is 0.416. The number of nitrogens with two attached hydrogens (primary N) is 1. The molecule has 5 nitrogen and oxygen atoms in total. The molecule has 82 valence electrons. The van der Waals surface area contributed by atoms with Crippen molar-refractivity contribution in [1.82, 2.24) is 15.0 Å². The third-order valence-electron chi connectivity index (χ3n) is 1.99. The Balaban J connectivity index is 2.55. The van der Waals surface area contributed by atoms with Crippen LogP contribution in [-0.4, -0.2) is 22.1 Å². The number of benzene rings is 1. The molecular weight excluding hydrogens is 228 g/mol. The van der Waals surface area contributed by atoms with Gasteiger partial charge in [-0.1, -0.05) is 11.6 Å². The molecule has 2 rings (SSSR count). The van der Waals surface area contributed by atoms with Gasteiger partial charge in [-0.05, 0) is 18.2 Å². The van der Waals surface area contributed by atoms with Crippen molar-refractivity contribution < 1.29 is 4.74 Å². The van der Waals surface area contributed by atoms with Gasteiger partial charge in [-0.15, -0.1) is 0 Å². The van der Waals surface area contributed by atoms with E-state index in [4.69, 9.17) is 22.1 Å². The van der Waals surface area contributed by atoms with E-state index in [1.807, 2.05) is 0 Å². The van der Waals surface area contributed by atoms with E-state index >= 15 is 0 Å². The number of ether oxygens (including phenoxy) is 1. The van der Waals surface area contributed by atoms with Crippen molar-refractivity contribution in [1.29, 1.82) is 0 Å². The van der Waals surface area contributed by atoms with Gasteiger partial charge in [-0.25, -0.2) is 9.97 Å². The Bertz CT molecular complexity index is 518. The SMILES string of the molecule is COc1cc(Cl)ccc1-c1ncnc(N)n1. The fourth-order valence-electron chi connectivity index (χ4n) is 1.29. The molecule has 0 saturated carbocycles. The molecule has 6 heteroatoms. The van der Waals surface area contributed by atoms with E-state index in [9.17, 15) is 0 Å². The quantitative estimate of drug-likeness (QED) is 0.860. The zero-order valence-electron chi connectivity index (χ0n) is 8.51. The molecule has 0 radical (unpaired) electrons. The number of nitrogens with zero attached hydrogens (tertiary/aromatic N) is 3. The molecule has 0 aliphatic carbocycles. The summed E-state index contributed by atoms with van der Waals surface area (Å²) in [7, 11) is 1.56. The van der Waals surface area contributed by atoms with Gasteiger partial charge in [0.1, 0.15) is 12.1 Å². The second kappa shape index (κ2) is 4.32. The third kappa shape index (κ3) is 2.04. The van der Waals surface area contributed by atoms with Gasteiger partial charge in [0.05, 0.1) is 12.7 Å². The molecule has 2 N–H and O–H groups in total. The molecule has 0 unspecified atom stereocenters. The Kier molecular flexibility index (Phi) is 2.87. The van der Waals surface area contributed by atoms with E-state index in [1.54, 1.807) is 25.3 Å². The van der Waals surface area contributed by atoms with Crippen molar-refractivity contribution in [2.24, 2.45) is 0 Å². The van der Waals surface area contributed by atoms with E-state index in [0.717, 1.165) is 5.56 Å². The van der Waals surface area contributed by atoms with Crippen LogP contribution < -0.4 is 10.5 Å². The highest BCUT2D eigenvalue weighted by molar-refractivity contribution is 6.30. The lowest BCUT2D eigenvalue weighted by atomic mass is 10.2. The van der Waals surface area contributed by atoms with Gasteiger partial charge in [0, 0.05) is 5.02 Å². The van der Waals surface area contributed by atoms with E-state index in [2.05, 4.69) is 15.0 Å². The second-order valence-corrected chi connectivity index (χ2v) is 3.45. The zero-order valence-corrected chi connectivity index (χ0v) is 9.27. The number of nitrogen functional groups attached to an aromatic ring is 1. The molecule has 1 aromatic heterocycles. The summed E-state index contributed by atoms with van der Waals surface area (Å²) in [4.78, 5) is 11.8. The first kappa shape index (κ1) is 10.6. The molecule has 0 atom stereocenters. The highest BCUT2D eigenvalue weighted by Crippen LogP contribution is 2.29. The minimum atomic E-state index is 0.169. The summed E-state index contributed by atoms with van der Waals surface area (Å²) in [5.74, 6) is 1.22. The molecule has 0 spiro atoms. The van der Waals surface area contributed by atoms with Gasteiger partial charge in [-0.2, -0.15) is 4.98 Å². The number of halogens is 1. The second-order valence-electron chi connectivity index (χ2n) is 3.01. The average Bonchev–Trinajstić information content (AvgIpc) is 2.28. The molecule has 1 heterocycles. The average molecular weight is 237 g/mol. The maximum Gasteiger partial charge on any atom is 0.223 e. The Labute approximate surface area is 97.3 Å². The van der Waals surface area contributed by atoms with Gasteiger partial charge < -0.3 is 10.5 Å². The van der Waals surface area contributed by atoms with Crippen LogP contribution in [0.15, 0.2) is 24.5 Å². The highest BCUT2D eigenvalue weighted by atomic mass is 35.5. The predicted molar refractivity (Wildman–Crippen MR) is 61.2 cm³/mol. The van der Waals surface area contributed by atoms with Crippen LogP contribution in [0.3, 0.4) is 0 Å². The van der Waals surface area contributed by atoms with E-state index in [1.165, 1.54) is 6.33 Å². The fraction of sp³-hybridized carbons (Fsp3) is 0.100. The summed E-state index contributed by atoms with van der Waals surface area (Å²) < 4.78 is 5.19. The monoisotopic (exact) mass is 236 g/mol. The number of hydrogen-bond acceptors (Lipinski definition) is 5. The smallest absolute Gasteiger partial charge is 0.223 e. The van der Waals surface area contributed by atoms with Crippen LogP contribution in [0, 0.1) is 0 Å². The summed E-state index contributed by atoms with van der Waals surface area (Å²) in [5.41, 5.74) is 6.21. The first-order valence-electron chi connectivity index (χ1n) is 4.49. The molecule has 0 aliphatic rings. The molecule has 1 aromatic carbocycles. The predicted octanol–water partition coefficient (Wildman–Crippen LogP) is 1.78. The van der Waals surface area contributed by atoms with Crippen LogP contribution in [0.25, 0.3) is 11.4 Å². The lowest BCUT2D eigenvalue weighted by Gasteiger charge is -2.07. The van der Waals surface area contributed by atoms with Crippen molar-refractivity contribution in [3.05, 3.63) is 29.5 Å². The number of anilines is 1. The van der Waals surface area contributed by atoms with Crippen LogP contribution >= 0.6 is 11.6 Å². The summed E-state index contributed by atoms with van der Waals surface area (Å²) in [6.07, 6.45) is 1.35. The van der Waals surface area contributed by atoms with Gasteiger partial charge in [-0.3, -0.25) is 0 Å². The van der Waals surface area contributed by atoms with Gasteiger partial charge in [0.2, 0.25) is 5.95 Å². The van der Waals surface area contributed by atoms with Crippen LogP contribution in [0.1, 0.15) is 0 Å². The first-order chi connectivity index (χ1) is 7.70. The molecule has 2 aromatic rings. The number of rotatable bonds is 2. The first-order valence-corrected chi connectivity index (χ1v) is 4.87. The normalized spacial score (nSPS) is 10.1. The van der Waals surface area contributed by atoms with Crippen molar-refractivity contribution in [3.8, 4) is 17.1 Å². The van der Waals surface area contributed by atoms with Crippen LogP contribution in [-0.2, 0) is 0 Å². The number of methoxy groups -OCH3 is 1. The lowest BCUT2D eigenvalue weighted by Crippen LogP contribution is -1.99. The molecule has 0 amide bonds. The molecular formula is C10H9ClN4O. The maximum absolute atomic E-state index is 5.86. The molecule has 16 heavy (non-hydrogen) atoms. The summed E-state index contributed by atoms with van der Waals surface area (Å²) >= 11 is 5.86. The van der Waals surface area contributed by atoms with Gasteiger partial charge in [0.15, 0.2) is 5.82 Å². The van der Waals surface area contributed by atoms with Crippen LogP contribution in [0.2, 0.25) is 5.02 Å². The van der Waals surface area contributed by atoms with Crippen molar-refractivity contribution in [3.63, 3.8) is 0 Å².